The van der Waals surface area contributed by atoms with Gasteiger partial charge in [0, 0.05) is 11.4 Å². The fraction of sp³-hybridized carbons (Fsp3) is 0.308. The Labute approximate surface area is 109 Å². The first-order chi connectivity index (χ1) is 8.13. The van der Waals surface area contributed by atoms with Gasteiger partial charge in [-0.15, -0.1) is 0 Å². The van der Waals surface area contributed by atoms with Crippen molar-refractivity contribution in [1.29, 1.82) is 0 Å². The molecule has 2 aromatic rings. The van der Waals surface area contributed by atoms with Crippen LogP contribution in [-0.2, 0) is 0 Å². The molecule has 2 heterocycles. The number of hydrogen-bond donors (Lipinski definition) is 1. The van der Waals surface area contributed by atoms with Crippen molar-refractivity contribution in [3.8, 4) is 0 Å². The summed E-state index contributed by atoms with van der Waals surface area (Å²) in [6, 6.07) is 6.03. The largest absolute Gasteiger partial charge is 0.466 e. The third-order valence-electron chi connectivity index (χ3n) is 2.77. The summed E-state index contributed by atoms with van der Waals surface area (Å²) in [5.74, 6) is 0.876. The fourth-order valence-corrected chi connectivity index (χ4v) is 2.37. The van der Waals surface area contributed by atoms with Gasteiger partial charge in [-0.2, -0.15) is 0 Å². The Balaban J connectivity index is 2.46. The standard InChI is InChI=1S/C13H15BrN2O/c1-8-4-5-10(9(2)16-8)12(15-3)13-11(14)6-7-17-13/h4-7,12,15H,1-3H3. The van der Waals surface area contributed by atoms with Crippen molar-refractivity contribution >= 4 is 15.9 Å². The van der Waals surface area contributed by atoms with Crippen LogP contribution in [0.25, 0.3) is 0 Å². The maximum Gasteiger partial charge on any atom is 0.139 e. The van der Waals surface area contributed by atoms with Crippen molar-refractivity contribution in [2.45, 2.75) is 19.9 Å². The Morgan fingerprint density at radius 2 is 2.06 bits per heavy atom. The van der Waals surface area contributed by atoms with E-state index in [0.717, 1.165) is 27.2 Å². The highest BCUT2D eigenvalue weighted by Crippen LogP contribution is 2.30. The molecule has 2 rings (SSSR count). The molecule has 3 nitrogen and oxygen atoms in total. The molecule has 0 saturated carbocycles. The van der Waals surface area contributed by atoms with E-state index in [4.69, 9.17) is 4.42 Å². The molecular formula is C13H15BrN2O. The zero-order valence-corrected chi connectivity index (χ0v) is 11.7. The molecule has 0 radical (unpaired) electrons. The summed E-state index contributed by atoms with van der Waals surface area (Å²) in [6.45, 7) is 4.01. The summed E-state index contributed by atoms with van der Waals surface area (Å²) in [6.07, 6.45) is 1.68. The predicted octanol–water partition coefficient (Wildman–Crippen LogP) is 3.36. The van der Waals surface area contributed by atoms with Gasteiger partial charge in [-0.25, -0.2) is 0 Å². The smallest absolute Gasteiger partial charge is 0.139 e. The van der Waals surface area contributed by atoms with E-state index in [2.05, 4.69) is 32.3 Å². The second-order valence-corrected chi connectivity index (χ2v) is 4.84. The minimum atomic E-state index is 0.0208. The van der Waals surface area contributed by atoms with E-state index in [1.54, 1.807) is 6.26 Å². The summed E-state index contributed by atoms with van der Waals surface area (Å²) < 4.78 is 6.49. The van der Waals surface area contributed by atoms with E-state index in [-0.39, 0.29) is 6.04 Å². The van der Waals surface area contributed by atoms with Gasteiger partial charge in [0.05, 0.1) is 16.8 Å². The zero-order valence-electron chi connectivity index (χ0n) is 10.1. The average molecular weight is 295 g/mol. The summed E-state index contributed by atoms with van der Waals surface area (Å²) in [4.78, 5) is 4.48. The van der Waals surface area contributed by atoms with Crippen LogP contribution in [0.5, 0.6) is 0 Å². The maximum atomic E-state index is 5.52. The van der Waals surface area contributed by atoms with E-state index in [1.807, 2.05) is 33.0 Å². The van der Waals surface area contributed by atoms with Crippen LogP contribution in [0.2, 0.25) is 0 Å². The number of rotatable bonds is 3. The van der Waals surface area contributed by atoms with Gasteiger partial charge in [0.1, 0.15) is 5.76 Å². The number of pyridine rings is 1. The molecule has 90 valence electrons. The van der Waals surface area contributed by atoms with Gasteiger partial charge in [0.25, 0.3) is 0 Å². The SMILES string of the molecule is CNC(c1ccc(C)nc1C)c1occc1Br. The first kappa shape index (κ1) is 12.3. The lowest BCUT2D eigenvalue weighted by Gasteiger charge is -2.17. The van der Waals surface area contributed by atoms with E-state index in [9.17, 15) is 0 Å². The molecule has 0 spiro atoms. The predicted molar refractivity (Wildman–Crippen MR) is 71.0 cm³/mol. The van der Waals surface area contributed by atoms with Gasteiger partial charge in [0.2, 0.25) is 0 Å². The highest BCUT2D eigenvalue weighted by Gasteiger charge is 2.20. The molecule has 0 aliphatic rings. The molecule has 1 atom stereocenters. The highest BCUT2D eigenvalue weighted by molar-refractivity contribution is 9.10. The van der Waals surface area contributed by atoms with Gasteiger partial charge in [-0.1, -0.05) is 6.07 Å². The molecule has 0 saturated heterocycles. The molecule has 0 amide bonds. The normalized spacial score (nSPS) is 12.7. The Bertz CT molecular complexity index is 522. The van der Waals surface area contributed by atoms with E-state index >= 15 is 0 Å². The molecule has 0 aliphatic carbocycles. The van der Waals surface area contributed by atoms with Gasteiger partial charge in [0.15, 0.2) is 0 Å². The summed E-state index contributed by atoms with van der Waals surface area (Å²) in [5, 5.41) is 3.26. The number of nitrogens with one attached hydrogen (secondary N) is 1. The average Bonchev–Trinajstić information content (AvgIpc) is 2.69. The van der Waals surface area contributed by atoms with Crippen molar-refractivity contribution < 1.29 is 4.42 Å². The summed E-state index contributed by atoms with van der Waals surface area (Å²) in [7, 11) is 1.92. The first-order valence-electron chi connectivity index (χ1n) is 5.47. The van der Waals surface area contributed by atoms with Gasteiger partial charge in [-0.3, -0.25) is 4.98 Å². The molecule has 1 N–H and O–H groups in total. The molecular weight excluding hydrogens is 280 g/mol. The molecule has 0 fully saturated rings. The molecule has 0 bridgehead atoms. The van der Waals surface area contributed by atoms with E-state index in [1.165, 1.54) is 0 Å². The Hall–Kier alpha value is -1.13. The van der Waals surface area contributed by atoms with Crippen LogP contribution >= 0.6 is 15.9 Å². The molecule has 1 unspecified atom stereocenters. The van der Waals surface area contributed by atoms with E-state index in [0.29, 0.717) is 0 Å². The molecule has 0 aliphatic heterocycles. The quantitative estimate of drug-likeness (QED) is 0.943. The molecule has 4 heteroatoms. The van der Waals surface area contributed by atoms with Gasteiger partial charge >= 0.3 is 0 Å². The first-order valence-corrected chi connectivity index (χ1v) is 6.27. The third-order valence-corrected chi connectivity index (χ3v) is 3.43. The van der Waals surface area contributed by atoms with Crippen molar-refractivity contribution in [2.75, 3.05) is 7.05 Å². The lowest BCUT2D eigenvalue weighted by atomic mass is 10.0. The molecule has 17 heavy (non-hydrogen) atoms. The lowest BCUT2D eigenvalue weighted by Crippen LogP contribution is -2.19. The Morgan fingerprint density at radius 3 is 2.59 bits per heavy atom. The Kier molecular flexibility index (Phi) is 3.64. The van der Waals surface area contributed by atoms with Crippen molar-refractivity contribution in [1.82, 2.24) is 10.3 Å². The third kappa shape index (κ3) is 2.42. The number of halogens is 1. The maximum absolute atomic E-state index is 5.52. The number of nitrogens with zero attached hydrogens (tertiary/aromatic N) is 1. The molecule has 2 aromatic heterocycles. The van der Waals surface area contributed by atoms with Crippen molar-refractivity contribution in [3.05, 3.63) is 51.6 Å². The van der Waals surface area contributed by atoms with Gasteiger partial charge < -0.3 is 9.73 Å². The van der Waals surface area contributed by atoms with Crippen LogP contribution in [0.15, 0.2) is 33.4 Å². The van der Waals surface area contributed by atoms with Crippen LogP contribution in [0.1, 0.15) is 28.8 Å². The number of aryl methyl sites for hydroxylation is 2. The minimum absolute atomic E-state index is 0.0208. The summed E-state index contributed by atoms with van der Waals surface area (Å²) >= 11 is 3.49. The van der Waals surface area contributed by atoms with Crippen LogP contribution in [0.3, 0.4) is 0 Å². The Morgan fingerprint density at radius 1 is 1.29 bits per heavy atom. The monoisotopic (exact) mass is 294 g/mol. The second kappa shape index (κ2) is 5.02. The number of hydrogen-bond acceptors (Lipinski definition) is 3. The highest BCUT2D eigenvalue weighted by atomic mass is 79.9. The molecule has 0 aromatic carbocycles. The van der Waals surface area contributed by atoms with Crippen LogP contribution < -0.4 is 5.32 Å². The minimum Gasteiger partial charge on any atom is -0.466 e. The fourth-order valence-electron chi connectivity index (χ4n) is 1.94. The second-order valence-electron chi connectivity index (χ2n) is 3.98. The van der Waals surface area contributed by atoms with Gasteiger partial charge in [-0.05, 0) is 54.5 Å². The zero-order chi connectivity index (χ0) is 12.4. The van der Waals surface area contributed by atoms with Crippen LogP contribution in [0, 0.1) is 13.8 Å². The van der Waals surface area contributed by atoms with Crippen molar-refractivity contribution in [2.24, 2.45) is 0 Å². The lowest BCUT2D eigenvalue weighted by molar-refractivity contribution is 0.459. The number of furan rings is 1. The van der Waals surface area contributed by atoms with Crippen LogP contribution in [-0.4, -0.2) is 12.0 Å². The summed E-state index contributed by atoms with van der Waals surface area (Å²) in [5.41, 5.74) is 3.18. The van der Waals surface area contributed by atoms with Crippen molar-refractivity contribution in [3.63, 3.8) is 0 Å². The number of aromatic nitrogens is 1. The van der Waals surface area contributed by atoms with Crippen LogP contribution in [0.4, 0.5) is 0 Å². The van der Waals surface area contributed by atoms with E-state index < -0.39 is 0 Å². The topological polar surface area (TPSA) is 38.1 Å².